The summed E-state index contributed by atoms with van der Waals surface area (Å²) < 4.78 is 0. The van der Waals surface area contributed by atoms with Gasteiger partial charge in [-0.15, -0.1) is 0 Å². The number of carbonyl (C=O) groups is 1. The number of aliphatic hydroxyl groups is 1. The van der Waals surface area contributed by atoms with Crippen LogP contribution < -0.4 is 11.2 Å². The monoisotopic (exact) mass is 219 g/mol. The third-order valence-electron chi connectivity index (χ3n) is 2.55. The minimum Gasteiger partial charge on any atom is -0.399 e. The van der Waals surface area contributed by atoms with E-state index in [2.05, 4.69) is 10.5 Å². The molecule has 5 heteroatoms. The number of hydrogen-bond donors (Lipinski definition) is 3. The van der Waals surface area contributed by atoms with E-state index < -0.39 is 0 Å². The molecule has 1 aromatic carbocycles. The van der Waals surface area contributed by atoms with Gasteiger partial charge >= 0.3 is 0 Å². The average molecular weight is 219 g/mol. The topological polar surface area (TPSA) is 87.7 Å². The molecule has 4 N–H and O–H groups in total. The number of anilines is 1. The van der Waals surface area contributed by atoms with Crippen molar-refractivity contribution in [3.8, 4) is 0 Å². The number of nitrogens with two attached hydrogens (primary N) is 1. The van der Waals surface area contributed by atoms with Crippen molar-refractivity contribution in [2.45, 2.75) is 6.42 Å². The van der Waals surface area contributed by atoms with E-state index in [0.29, 0.717) is 11.4 Å². The van der Waals surface area contributed by atoms with Gasteiger partial charge in [-0.25, -0.2) is 5.43 Å². The number of rotatable bonds is 2. The zero-order valence-electron chi connectivity index (χ0n) is 8.68. The molecule has 84 valence electrons. The van der Waals surface area contributed by atoms with E-state index >= 15 is 0 Å². The fraction of sp³-hybridized carbons (Fsp3) is 0.273. The Bertz CT molecular complexity index is 425. The van der Waals surface area contributed by atoms with E-state index in [1.807, 2.05) is 12.1 Å². The lowest BCUT2D eigenvalue weighted by Crippen LogP contribution is -2.35. The van der Waals surface area contributed by atoms with E-state index in [-0.39, 0.29) is 24.9 Å². The molecule has 1 atom stereocenters. The Morgan fingerprint density at radius 1 is 1.44 bits per heavy atom. The zero-order valence-corrected chi connectivity index (χ0v) is 8.68. The number of hydrazone groups is 1. The number of amides is 1. The first kappa shape index (κ1) is 10.6. The lowest BCUT2D eigenvalue weighted by molar-refractivity contribution is -0.122. The zero-order chi connectivity index (χ0) is 11.5. The maximum atomic E-state index is 11.1. The van der Waals surface area contributed by atoms with Crippen molar-refractivity contribution in [3.63, 3.8) is 0 Å². The highest BCUT2D eigenvalue weighted by Crippen LogP contribution is 2.17. The molecule has 16 heavy (non-hydrogen) atoms. The van der Waals surface area contributed by atoms with Crippen LogP contribution in [0.4, 0.5) is 5.69 Å². The van der Waals surface area contributed by atoms with Crippen LogP contribution in [-0.2, 0) is 4.79 Å². The molecule has 1 unspecified atom stereocenters. The highest BCUT2D eigenvalue weighted by molar-refractivity contribution is 6.06. The fourth-order valence-corrected chi connectivity index (χ4v) is 1.69. The second-order valence-corrected chi connectivity index (χ2v) is 3.74. The maximum Gasteiger partial charge on any atom is 0.240 e. The van der Waals surface area contributed by atoms with Gasteiger partial charge in [-0.05, 0) is 17.7 Å². The molecular formula is C11H13N3O2. The summed E-state index contributed by atoms with van der Waals surface area (Å²) in [5.41, 5.74) is 10.2. The Kier molecular flexibility index (Phi) is 2.87. The Morgan fingerprint density at radius 3 is 2.75 bits per heavy atom. The van der Waals surface area contributed by atoms with Crippen LogP contribution in [0.1, 0.15) is 12.0 Å². The van der Waals surface area contributed by atoms with Gasteiger partial charge < -0.3 is 10.8 Å². The summed E-state index contributed by atoms with van der Waals surface area (Å²) in [5, 5.41) is 13.2. The summed E-state index contributed by atoms with van der Waals surface area (Å²) in [6.45, 7) is -0.0867. The van der Waals surface area contributed by atoms with E-state index in [9.17, 15) is 9.90 Å². The molecule has 0 aliphatic carbocycles. The van der Waals surface area contributed by atoms with Gasteiger partial charge in [0.25, 0.3) is 0 Å². The lowest BCUT2D eigenvalue weighted by atomic mass is 9.93. The smallest absolute Gasteiger partial charge is 0.240 e. The van der Waals surface area contributed by atoms with Crippen LogP contribution in [0.25, 0.3) is 0 Å². The standard InChI is InChI=1S/C11H13N3O2/c12-9-3-1-7(2-4-9)11-8(6-15)5-10(16)13-14-11/h1-4,8,15H,5-6,12H2,(H,13,16). The molecule has 0 bridgehead atoms. The number of carbonyl (C=O) groups excluding carboxylic acids is 1. The van der Waals surface area contributed by atoms with Crippen molar-refractivity contribution < 1.29 is 9.90 Å². The predicted octanol–water partition coefficient (Wildman–Crippen LogP) is 0.101. The largest absolute Gasteiger partial charge is 0.399 e. The fourth-order valence-electron chi connectivity index (χ4n) is 1.69. The number of benzene rings is 1. The lowest BCUT2D eigenvalue weighted by Gasteiger charge is -2.20. The van der Waals surface area contributed by atoms with Gasteiger partial charge in [-0.1, -0.05) is 12.1 Å². The molecule has 1 aliphatic heterocycles. The van der Waals surface area contributed by atoms with Crippen LogP contribution in [0.2, 0.25) is 0 Å². The molecule has 0 fully saturated rings. The minimum atomic E-state index is -0.239. The molecule has 5 nitrogen and oxygen atoms in total. The first-order chi connectivity index (χ1) is 7.70. The Labute approximate surface area is 93.0 Å². The first-order valence-corrected chi connectivity index (χ1v) is 5.04. The predicted molar refractivity (Wildman–Crippen MR) is 60.7 cm³/mol. The molecule has 1 aromatic rings. The second kappa shape index (κ2) is 4.32. The number of nitrogens with zero attached hydrogens (tertiary/aromatic N) is 1. The van der Waals surface area contributed by atoms with Gasteiger partial charge in [0.05, 0.1) is 12.3 Å². The molecule has 1 heterocycles. The van der Waals surface area contributed by atoms with Crippen LogP contribution in [0, 0.1) is 5.92 Å². The summed E-state index contributed by atoms with van der Waals surface area (Å²) in [7, 11) is 0. The normalized spacial score (nSPS) is 20.2. The summed E-state index contributed by atoms with van der Waals surface area (Å²) in [5.74, 6) is -0.407. The van der Waals surface area contributed by atoms with E-state index in [0.717, 1.165) is 5.56 Å². The van der Waals surface area contributed by atoms with Crippen molar-refractivity contribution in [2.24, 2.45) is 11.0 Å². The van der Waals surface area contributed by atoms with Crippen LogP contribution in [-0.4, -0.2) is 23.3 Å². The Morgan fingerprint density at radius 2 is 2.12 bits per heavy atom. The molecule has 1 aliphatic rings. The molecule has 2 rings (SSSR count). The van der Waals surface area contributed by atoms with Crippen molar-refractivity contribution in [1.82, 2.24) is 5.43 Å². The van der Waals surface area contributed by atoms with Crippen molar-refractivity contribution in [2.75, 3.05) is 12.3 Å². The van der Waals surface area contributed by atoms with Crippen molar-refractivity contribution in [3.05, 3.63) is 29.8 Å². The molecule has 0 spiro atoms. The highest BCUT2D eigenvalue weighted by atomic mass is 16.3. The second-order valence-electron chi connectivity index (χ2n) is 3.74. The third kappa shape index (κ3) is 2.04. The number of aliphatic hydroxyl groups excluding tert-OH is 1. The summed E-state index contributed by atoms with van der Waals surface area (Å²) >= 11 is 0. The van der Waals surface area contributed by atoms with E-state index in [1.165, 1.54) is 0 Å². The minimum absolute atomic E-state index is 0.0867. The van der Waals surface area contributed by atoms with Crippen molar-refractivity contribution in [1.29, 1.82) is 0 Å². The Balaban J connectivity index is 2.31. The number of hydrogen-bond acceptors (Lipinski definition) is 4. The number of nitrogens with one attached hydrogen (secondary N) is 1. The highest BCUT2D eigenvalue weighted by Gasteiger charge is 2.24. The molecule has 0 aromatic heterocycles. The van der Waals surface area contributed by atoms with Gasteiger partial charge in [0, 0.05) is 18.0 Å². The first-order valence-electron chi connectivity index (χ1n) is 5.04. The molecular weight excluding hydrogens is 206 g/mol. The van der Waals surface area contributed by atoms with E-state index in [4.69, 9.17) is 5.73 Å². The van der Waals surface area contributed by atoms with Crippen LogP contribution in [0.5, 0.6) is 0 Å². The molecule has 0 saturated carbocycles. The van der Waals surface area contributed by atoms with Gasteiger partial charge in [0.1, 0.15) is 0 Å². The van der Waals surface area contributed by atoms with Crippen LogP contribution >= 0.6 is 0 Å². The SMILES string of the molecule is Nc1ccc(C2=NNC(=O)CC2CO)cc1. The van der Waals surface area contributed by atoms with Gasteiger partial charge in [0.15, 0.2) is 0 Å². The Hall–Kier alpha value is -1.88. The maximum absolute atomic E-state index is 11.1. The summed E-state index contributed by atoms with van der Waals surface area (Å²) in [6, 6.07) is 7.19. The van der Waals surface area contributed by atoms with Crippen LogP contribution in [0.3, 0.4) is 0 Å². The van der Waals surface area contributed by atoms with Gasteiger partial charge in [-0.3, -0.25) is 4.79 Å². The van der Waals surface area contributed by atoms with Crippen LogP contribution in [0.15, 0.2) is 29.4 Å². The van der Waals surface area contributed by atoms with Gasteiger partial charge in [0.2, 0.25) is 5.91 Å². The number of nitrogen functional groups attached to an aromatic ring is 1. The molecule has 0 radical (unpaired) electrons. The van der Waals surface area contributed by atoms with E-state index in [1.54, 1.807) is 12.1 Å². The summed E-state index contributed by atoms with van der Waals surface area (Å²) in [6.07, 6.45) is 0.264. The quantitative estimate of drug-likeness (QED) is 0.616. The average Bonchev–Trinajstić information content (AvgIpc) is 2.30. The molecule has 1 amide bonds. The molecule has 0 saturated heterocycles. The third-order valence-corrected chi connectivity index (χ3v) is 2.55. The summed E-state index contributed by atoms with van der Waals surface area (Å²) in [4.78, 5) is 11.1. The van der Waals surface area contributed by atoms with Gasteiger partial charge in [-0.2, -0.15) is 5.10 Å². The van der Waals surface area contributed by atoms with Crippen molar-refractivity contribution >= 4 is 17.3 Å².